The normalized spacial score (nSPS) is 10.4. The van der Waals surface area contributed by atoms with Crippen LogP contribution in [-0.4, -0.2) is 12.0 Å². The summed E-state index contributed by atoms with van der Waals surface area (Å²) >= 11 is 0. The molecule has 0 saturated heterocycles. The second-order valence-corrected chi connectivity index (χ2v) is 4.60. The molecule has 110 valence electrons. The third-order valence-corrected chi connectivity index (χ3v) is 2.97. The van der Waals surface area contributed by atoms with Crippen molar-refractivity contribution < 1.29 is 14.1 Å². The van der Waals surface area contributed by atoms with Crippen LogP contribution >= 0.6 is 0 Å². The van der Waals surface area contributed by atoms with Gasteiger partial charge in [-0.25, -0.2) is 4.39 Å². The molecule has 2 rings (SSSR count). The van der Waals surface area contributed by atoms with Crippen LogP contribution in [0.2, 0.25) is 0 Å². The smallest absolute Gasteiger partial charge is 0.314 e. The van der Waals surface area contributed by atoms with Crippen molar-refractivity contribution in [2.45, 2.75) is 13.5 Å². The van der Waals surface area contributed by atoms with E-state index in [1.807, 2.05) is 19.2 Å². The van der Waals surface area contributed by atoms with Crippen molar-refractivity contribution in [3.05, 3.63) is 63.5 Å². The Balaban J connectivity index is 2.30. The van der Waals surface area contributed by atoms with E-state index in [1.165, 1.54) is 13.0 Å². The summed E-state index contributed by atoms with van der Waals surface area (Å²) < 4.78 is 18.9. The van der Waals surface area contributed by atoms with Gasteiger partial charge >= 0.3 is 5.69 Å². The number of rotatable bonds is 5. The van der Waals surface area contributed by atoms with E-state index in [4.69, 9.17) is 4.74 Å². The SMILES string of the molecule is CNCc1ccc(Oc2cc(C)c(F)cc2[N+](=O)[O-])cc1. The van der Waals surface area contributed by atoms with Gasteiger partial charge in [0.2, 0.25) is 5.75 Å². The number of aryl methyl sites for hydroxylation is 1. The fourth-order valence-electron chi connectivity index (χ4n) is 1.88. The number of nitrogens with zero attached hydrogens (tertiary/aromatic N) is 1. The fraction of sp³-hybridized carbons (Fsp3) is 0.200. The van der Waals surface area contributed by atoms with E-state index >= 15 is 0 Å². The summed E-state index contributed by atoms with van der Waals surface area (Å²) in [5.41, 5.74) is 0.967. The topological polar surface area (TPSA) is 64.4 Å². The summed E-state index contributed by atoms with van der Waals surface area (Å²) in [6.07, 6.45) is 0. The van der Waals surface area contributed by atoms with Crippen molar-refractivity contribution in [1.29, 1.82) is 0 Å². The Morgan fingerprint density at radius 2 is 1.95 bits per heavy atom. The van der Waals surface area contributed by atoms with Crippen LogP contribution in [0.15, 0.2) is 36.4 Å². The summed E-state index contributed by atoms with van der Waals surface area (Å²) in [5.74, 6) is -0.136. The second kappa shape index (κ2) is 6.32. The first kappa shape index (κ1) is 14.9. The van der Waals surface area contributed by atoms with Crippen LogP contribution in [0.25, 0.3) is 0 Å². The molecule has 0 aliphatic heterocycles. The fourth-order valence-corrected chi connectivity index (χ4v) is 1.88. The number of halogens is 1. The highest BCUT2D eigenvalue weighted by Crippen LogP contribution is 2.33. The van der Waals surface area contributed by atoms with Gasteiger partial charge in [-0.3, -0.25) is 10.1 Å². The Hall–Kier alpha value is -2.47. The maximum atomic E-state index is 13.4. The van der Waals surface area contributed by atoms with Crippen LogP contribution in [0, 0.1) is 22.9 Å². The zero-order valence-electron chi connectivity index (χ0n) is 11.7. The molecule has 2 aromatic carbocycles. The number of nitro groups is 1. The predicted octanol–water partition coefficient (Wildman–Crippen LogP) is 3.55. The molecule has 0 bridgehead atoms. The highest BCUT2D eigenvalue weighted by atomic mass is 19.1. The van der Waals surface area contributed by atoms with Crippen LogP contribution in [0.1, 0.15) is 11.1 Å². The van der Waals surface area contributed by atoms with E-state index in [0.29, 0.717) is 11.3 Å². The van der Waals surface area contributed by atoms with Crippen molar-refractivity contribution in [2.24, 2.45) is 0 Å². The number of nitrogens with one attached hydrogen (secondary N) is 1. The molecule has 0 radical (unpaired) electrons. The molecule has 6 heteroatoms. The predicted molar refractivity (Wildman–Crippen MR) is 77.1 cm³/mol. The highest BCUT2D eigenvalue weighted by Gasteiger charge is 2.19. The first-order chi connectivity index (χ1) is 10.0. The lowest BCUT2D eigenvalue weighted by Gasteiger charge is -2.08. The number of benzene rings is 2. The van der Waals surface area contributed by atoms with Gasteiger partial charge in [0.05, 0.1) is 11.0 Å². The molecule has 5 nitrogen and oxygen atoms in total. The van der Waals surface area contributed by atoms with Gasteiger partial charge in [0, 0.05) is 6.54 Å². The monoisotopic (exact) mass is 290 g/mol. The van der Waals surface area contributed by atoms with Crippen LogP contribution in [0.3, 0.4) is 0 Å². The molecule has 2 aromatic rings. The minimum atomic E-state index is -0.659. The van der Waals surface area contributed by atoms with Crippen LogP contribution in [0.5, 0.6) is 11.5 Å². The zero-order chi connectivity index (χ0) is 15.4. The van der Waals surface area contributed by atoms with Crippen LogP contribution < -0.4 is 10.1 Å². The van der Waals surface area contributed by atoms with Crippen molar-refractivity contribution in [2.75, 3.05) is 7.05 Å². The molecular formula is C15H15FN2O3. The van der Waals surface area contributed by atoms with Gasteiger partial charge in [-0.15, -0.1) is 0 Å². The Kier molecular flexibility index (Phi) is 4.49. The Morgan fingerprint density at radius 1 is 1.29 bits per heavy atom. The van der Waals surface area contributed by atoms with Crippen molar-refractivity contribution in [3.63, 3.8) is 0 Å². The third-order valence-electron chi connectivity index (χ3n) is 2.97. The second-order valence-electron chi connectivity index (χ2n) is 4.60. The van der Waals surface area contributed by atoms with E-state index in [-0.39, 0.29) is 5.75 Å². The Morgan fingerprint density at radius 3 is 2.52 bits per heavy atom. The quantitative estimate of drug-likeness (QED) is 0.675. The van der Waals surface area contributed by atoms with Gasteiger partial charge in [0.25, 0.3) is 0 Å². The van der Waals surface area contributed by atoms with Crippen LogP contribution in [0.4, 0.5) is 10.1 Å². The number of nitro benzene ring substituents is 1. The molecule has 1 N–H and O–H groups in total. The van der Waals surface area contributed by atoms with Gasteiger partial charge in [-0.05, 0) is 43.3 Å². The van der Waals surface area contributed by atoms with Crippen LogP contribution in [-0.2, 0) is 6.54 Å². The minimum Gasteiger partial charge on any atom is -0.450 e. The van der Waals surface area contributed by atoms with E-state index < -0.39 is 16.4 Å². The molecule has 0 aliphatic rings. The molecule has 0 aromatic heterocycles. The van der Waals surface area contributed by atoms with E-state index in [0.717, 1.165) is 18.2 Å². The van der Waals surface area contributed by atoms with Crippen molar-refractivity contribution in [1.82, 2.24) is 5.32 Å². The average molecular weight is 290 g/mol. The molecule has 0 spiro atoms. The van der Waals surface area contributed by atoms with Crippen molar-refractivity contribution in [3.8, 4) is 11.5 Å². The van der Waals surface area contributed by atoms with Crippen molar-refractivity contribution >= 4 is 5.69 Å². The summed E-state index contributed by atoms with van der Waals surface area (Å²) in [6, 6.07) is 9.35. The maximum absolute atomic E-state index is 13.4. The molecule has 0 heterocycles. The molecule has 0 fully saturated rings. The first-order valence-electron chi connectivity index (χ1n) is 6.37. The third kappa shape index (κ3) is 3.55. The lowest BCUT2D eigenvalue weighted by molar-refractivity contribution is -0.385. The van der Waals surface area contributed by atoms with Gasteiger partial charge in [0.1, 0.15) is 11.6 Å². The summed E-state index contributed by atoms with van der Waals surface area (Å²) in [7, 11) is 1.84. The first-order valence-corrected chi connectivity index (χ1v) is 6.37. The standard InChI is InChI=1S/C15H15FN2O3/c1-10-7-15(14(18(19)20)8-13(10)16)21-12-5-3-11(4-6-12)9-17-2/h3-8,17H,9H2,1-2H3. The summed E-state index contributed by atoms with van der Waals surface area (Å²) in [4.78, 5) is 10.3. The van der Waals surface area contributed by atoms with Gasteiger partial charge in [0.15, 0.2) is 0 Å². The molecule has 0 saturated carbocycles. The number of hydrogen-bond donors (Lipinski definition) is 1. The molecule has 0 amide bonds. The lowest BCUT2D eigenvalue weighted by atomic mass is 10.2. The Labute approximate surface area is 121 Å². The summed E-state index contributed by atoms with van der Waals surface area (Å²) in [6.45, 7) is 2.25. The molecule has 21 heavy (non-hydrogen) atoms. The van der Waals surface area contributed by atoms with Gasteiger partial charge < -0.3 is 10.1 Å². The summed E-state index contributed by atoms with van der Waals surface area (Å²) in [5, 5.41) is 14.0. The van der Waals surface area contributed by atoms with E-state index in [2.05, 4.69) is 5.32 Å². The molecule has 0 aliphatic carbocycles. The lowest BCUT2D eigenvalue weighted by Crippen LogP contribution is -2.04. The minimum absolute atomic E-state index is 0.0280. The Bertz CT molecular complexity index is 657. The zero-order valence-corrected chi connectivity index (χ0v) is 11.7. The van der Waals surface area contributed by atoms with E-state index in [1.54, 1.807) is 12.1 Å². The van der Waals surface area contributed by atoms with Gasteiger partial charge in [-0.2, -0.15) is 0 Å². The largest absolute Gasteiger partial charge is 0.450 e. The van der Waals surface area contributed by atoms with Gasteiger partial charge in [-0.1, -0.05) is 12.1 Å². The number of hydrogen-bond acceptors (Lipinski definition) is 4. The maximum Gasteiger partial charge on any atom is 0.314 e. The average Bonchev–Trinajstić information content (AvgIpc) is 2.44. The molecule has 0 unspecified atom stereocenters. The van der Waals surface area contributed by atoms with E-state index in [9.17, 15) is 14.5 Å². The molecule has 0 atom stereocenters. The number of ether oxygens (including phenoxy) is 1. The highest BCUT2D eigenvalue weighted by molar-refractivity contribution is 5.51. The molecular weight excluding hydrogens is 275 g/mol.